The maximum absolute atomic E-state index is 12.8. The topological polar surface area (TPSA) is 4.36 Å². The molecule has 12 heavy (non-hydrogen) atoms. The first-order chi connectivity index (χ1) is 5.63. The van der Waals surface area contributed by atoms with Gasteiger partial charge >= 0.3 is 0 Å². The summed E-state index contributed by atoms with van der Waals surface area (Å²) in [6.45, 7) is 10.7. The molecule has 1 aromatic carbocycles. The van der Waals surface area contributed by atoms with Gasteiger partial charge in [-0.05, 0) is 18.1 Å². The van der Waals surface area contributed by atoms with E-state index in [4.69, 9.17) is 6.57 Å². The van der Waals surface area contributed by atoms with E-state index >= 15 is 0 Å². The van der Waals surface area contributed by atoms with Crippen molar-refractivity contribution in [3.63, 3.8) is 0 Å². The molecular weight excluding hydrogens is 153 g/mol. The van der Waals surface area contributed by atoms with Gasteiger partial charge in [-0.25, -0.2) is 9.24 Å². The van der Waals surface area contributed by atoms with Gasteiger partial charge in [0.2, 0.25) is 0 Å². The summed E-state index contributed by atoms with van der Waals surface area (Å²) in [6, 6.07) is 4.44. The highest BCUT2D eigenvalue weighted by molar-refractivity contribution is 5.47. The fourth-order valence-corrected chi connectivity index (χ4v) is 0.994. The average Bonchev–Trinajstić information content (AvgIpc) is 2.03. The normalized spacial score (nSPS) is 9.92. The number of hydrogen-bond acceptors (Lipinski definition) is 0. The summed E-state index contributed by atoms with van der Waals surface area (Å²) in [5.74, 6) is -0.0617. The fourth-order valence-electron chi connectivity index (χ4n) is 0.994. The van der Waals surface area contributed by atoms with Crippen molar-refractivity contribution in [3.05, 3.63) is 41.0 Å². The van der Waals surface area contributed by atoms with E-state index in [1.54, 1.807) is 6.07 Å². The van der Waals surface area contributed by atoms with E-state index in [1.165, 1.54) is 12.1 Å². The van der Waals surface area contributed by atoms with E-state index < -0.39 is 0 Å². The Hall–Kier alpha value is -1.36. The van der Waals surface area contributed by atoms with Crippen LogP contribution in [0, 0.1) is 12.4 Å². The van der Waals surface area contributed by atoms with Crippen molar-refractivity contribution >= 4 is 5.69 Å². The van der Waals surface area contributed by atoms with Gasteiger partial charge in [-0.2, -0.15) is 0 Å². The molecule has 0 N–H and O–H groups in total. The molecule has 0 spiro atoms. The van der Waals surface area contributed by atoms with Gasteiger partial charge in [-0.15, -0.1) is 0 Å². The number of nitrogens with zero attached hydrogens (tertiary/aromatic N) is 1. The summed E-state index contributed by atoms with van der Waals surface area (Å²) < 4.78 is 12.8. The molecule has 1 rings (SSSR count). The zero-order chi connectivity index (χ0) is 9.14. The predicted octanol–water partition coefficient (Wildman–Crippen LogP) is 3.50. The first-order valence-electron chi connectivity index (χ1n) is 3.81. The molecule has 0 saturated heterocycles. The van der Waals surface area contributed by atoms with Gasteiger partial charge in [0.1, 0.15) is 5.82 Å². The number of rotatable bonds is 1. The van der Waals surface area contributed by atoms with Crippen LogP contribution in [-0.4, -0.2) is 0 Å². The Kier molecular flexibility index (Phi) is 2.44. The highest BCUT2D eigenvalue weighted by Gasteiger charge is 2.03. The zero-order valence-electron chi connectivity index (χ0n) is 7.13. The molecule has 0 aliphatic heterocycles. The van der Waals surface area contributed by atoms with E-state index in [0.29, 0.717) is 5.69 Å². The molecule has 0 bridgehead atoms. The lowest BCUT2D eigenvalue weighted by atomic mass is 10.0. The Labute approximate surface area is 71.7 Å². The van der Waals surface area contributed by atoms with Crippen molar-refractivity contribution in [2.45, 2.75) is 19.8 Å². The lowest BCUT2D eigenvalue weighted by Gasteiger charge is -2.05. The van der Waals surface area contributed by atoms with Gasteiger partial charge in [0.15, 0.2) is 5.69 Å². The van der Waals surface area contributed by atoms with Gasteiger partial charge < -0.3 is 0 Å². The van der Waals surface area contributed by atoms with Gasteiger partial charge in [0.25, 0.3) is 0 Å². The molecule has 0 saturated carbocycles. The van der Waals surface area contributed by atoms with Gasteiger partial charge in [0, 0.05) is 0 Å². The number of benzene rings is 1. The molecule has 0 fully saturated rings. The Balaban J connectivity index is 3.17. The molecule has 0 aliphatic carbocycles. The van der Waals surface area contributed by atoms with Crippen LogP contribution in [0.3, 0.4) is 0 Å². The highest BCUT2D eigenvalue weighted by Crippen LogP contribution is 2.22. The van der Waals surface area contributed by atoms with Crippen LogP contribution in [0.1, 0.15) is 25.3 Å². The van der Waals surface area contributed by atoms with E-state index in [0.717, 1.165) is 5.56 Å². The third-order valence-corrected chi connectivity index (χ3v) is 1.70. The van der Waals surface area contributed by atoms with E-state index in [1.807, 2.05) is 13.8 Å². The molecule has 0 amide bonds. The molecule has 0 aromatic heterocycles. The minimum Gasteiger partial charge on any atom is -0.238 e. The predicted molar refractivity (Wildman–Crippen MR) is 46.8 cm³/mol. The lowest BCUT2D eigenvalue weighted by Crippen LogP contribution is -1.87. The maximum atomic E-state index is 12.8. The largest absolute Gasteiger partial charge is 0.238 e. The summed E-state index contributed by atoms with van der Waals surface area (Å²) in [7, 11) is 0. The number of halogens is 1. The minimum absolute atomic E-state index is 0.265. The standard InChI is InChI=1S/C10H10FN/c1-7(2)8-4-9(11)6-10(5-8)12-3/h4-7H,1-2H3. The van der Waals surface area contributed by atoms with Gasteiger partial charge in [-0.1, -0.05) is 25.5 Å². The molecular formula is C10H10FN. The maximum Gasteiger partial charge on any atom is 0.190 e. The number of hydrogen-bond donors (Lipinski definition) is 0. The molecule has 1 aromatic rings. The van der Waals surface area contributed by atoms with E-state index in [2.05, 4.69) is 4.85 Å². The van der Waals surface area contributed by atoms with Crippen LogP contribution < -0.4 is 0 Å². The first-order valence-corrected chi connectivity index (χ1v) is 3.81. The molecule has 0 radical (unpaired) electrons. The fraction of sp³-hybridized carbons (Fsp3) is 0.300. The molecule has 2 heteroatoms. The molecule has 0 aliphatic rings. The van der Waals surface area contributed by atoms with Crippen LogP contribution in [0.2, 0.25) is 0 Å². The first kappa shape index (κ1) is 8.73. The Bertz CT molecular complexity index is 323. The van der Waals surface area contributed by atoms with Crippen molar-refractivity contribution in [3.8, 4) is 0 Å². The highest BCUT2D eigenvalue weighted by atomic mass is 19.1. The smallest absolute Gasteiger partial charge is 0.190 e. The van der Waals surface area contributed by atoms with Gasteiger partial charge in [0.05, 0.1) is 6.57 Å². The van der Waals surface area contributed by atoms with Crippen molar-refractivity contribution in [2.75, 3.05) is 0 Å². The third-order valence-electron chi connectivity index (χ3n) is 1.70. The van der Waals surface area contributed by atoms with Gasteiger partial charge in [-0.3, -0.25) is 0 Å². The molecule has 1 nitrogen and oxygen atoms in total. The quantitative estimate of drug-likeness (QED) is 0.558. The van der Waals surface area contributed by atoms with Crippen LogP contribution in [0.4, 0.5) is 10.1 Å². The summed E-state index contributed by atoms with van der Waals surface area (Å²) in [5, 5.41) is 0. The van der Waals surface area contributed by atoms with Crippen molar-refractivity contribution in [2.24, 2.45) is 0 Å². The summed E-state index contributed by atoms with van der Waals surface area (Å²) in [6.07, 6.45) is 0. The minimum atomic E-state index is -0.327. The Morgan fingerprint density at radius 2 is 2.00 bits per heavy atom. The van der Waals surface area contributed by atoms with Crippen LogP contribution in [0.5, 0.6) is 0 Å². The summed E-state index contributed by atoms with van der Waals surface area (Å²) >= 11 is 0. The van der Waals surface area contributed by atoms with Crippen LogP contribution >= 0.6 is 0 Å². The van der Waals surface area contributed by atoms with Crippen LogP contribution in [-0.2, 0) is 0 Å². The van der Waals surface area contributed by atoms with Crippen LogP contribution in [0.25, 0.3) is 4.85 Å². The Morgan fingerprint density at radius 3 is 2.50 bits per heavy atom. The Morgan fingerprint density at radius 1 is 1.33 bits per heavy atom. The second-order valence-electron chi connectivity index (χ2n) is 3.01. The SMILES string of the molecule is [C-]#[N+]c1cc(F)cc(C(C)C)c1. The lowest BCUT2D eigenvalue weighted by molar-refractivity contribution is 0.624. The zero-order valence-corrected chi connectivity index (χ0v) is 7.13. The molecule has 0 unspecified atom stereocenters. The van der Waals surface area contributed by atoms with E-state index in [9.17, 15) is 4.39 Å². The monoisotopic (exact) mass is 163 g/mol. The molecule has 0 heterocycles. The van der Waals surface area contributed by atoms with Crippen LogP contribution in [0.15, 0.2) is 18.2 Å². The van der Waals surface area contributed by atoms with Crippen molar-refractivity contribution < 1.29 is 4.39 Å². The van der Waals surface area contributed by atoms with Crippen molar-refractivity contribution in [1.82, 2.24) is 0 Å². The summed E-state index contributed by atoms with van der Waals surface area (Å²) in [4.78, 5) is 3.18. The second kappa shape index (κ2) is 3.36. The molecule has 62 valence electrons. The average molecular weight is 163 g/mol. The molecule has 0 atom stereocenters. The second-order valence-corrected chi connectivity index (χ2v) is 3.01. The van der Waals surface area contributed by atoms with Crippen molar-refractivity contribution in [1.29, 1.82) is 0 Å². The summed E-state index contributed by atoms with van der Waals surface area (Å²) in [5.41, 5.74) is 1.25. The third kappa shape index (κ3) is 1.82. The van der Waals surface area contributed by atoms with E-state index in [-0.39, 0.29) is 11.7 Å².